The zero-order valence-electron chi connectivity index (χ0n) is 15.2. The molecule has 0 unspecified atom stereocenters. The predicted octanol–water partition coefficient (Wildman–Crippen LogP) is 4.53. The number of rotatable bonds is 5. The Labute approximate surface area is 154 Å². The largest absolute Gasteiger partial charge is 0.370 e. The fourth-order valence-corrected chi connectivity index (χ4v) is 3.34. The van der Waals surface area contributed by atoms with Crippen molar-refractivity contribution in [3.8, 4) is 11.3 Å². The highest BCUT2D eigenvalue weighted by atomic mass is 15.3. The van der Waals surface area contributed by atoms with Crippen LogP contribution in [-0.4, -0.2) is 23.1 Å². The normalized spacial score (nSPS) is 13.3. The summed E-state index contributed by atoms with van der Waals surface area (Å²) < 4.78 is 0. The highest BCUT2D eigenvalue weighted by Crippen LogP contribution is 2.26. The van der Waals surface area contributed by atoms with Crippen molar-refractivity contribution in [3.05, 3.63) is 71.8 Å². The van der Waals surface area contributed by atoms with Crippen LogP contribution in [-0.2, 0) is 13.0 Å². The summed E-state index contributed by atoms with van der Waals surface area (Å²) in [5.74, 6) is 1.70. The first kappa shape index (κ1) is 16.6. The summed E-state index contributed by atoms with van der Waals surface area (Å²) in [4.78, 5) is 12.0. The van der Waals surface area contributed by atoms with E-state index in [4.69, 9.17) is 9.97 Å². The molecule has 0 aliphatic carbocycles. The third-order valence-electron chi connectivity index (χ3n) is 4.75. The van der Waals surface area contributed by atoms with Crippen molar-refractivity contribution in [3.63, 3.8) is 0 Å². The molecule has 1 aromatic heterocycles. The van der Waals surface area contributed by atoms with Crippen molar-refractivity contribution < 1.29 is 0 Å². The Kier molecular flexibility index (Phi) is 4.82. The van der Waals surface area contributed by atoms with E-state index in [9.17, 15) is 0 Å². The van der Waals surface area contributed by atoms with Crippen molar-refractivity contribution >= 4 is 11.8 Å². The van der Waals surface area contributed by atoms with Gasteiger partial charge in [-0.25, -0.2) is 4.98 Å². The molecule has 4 nitrogen and oxygen atoms in total. The average molecular weight is 344 g/mol. The summed E-state index contributed by atoms with van der Waals surface area (Å²) >= 11 is 0. The number of nitrogens with zero attached hydrogens (tertiary/aromatic N) is 3. The number of benzene rings is 2. The van der Waals surface area contributed by atoms with E-state index >= 15 is 0 Å². The Hall–Kier alpha value is -2.88. The molecule has 132 valence electrons. The standard InChI is InChI=1S/C22H24N4/c1-2-13-23-21-15-20(18-9-4-3-5-10-18)24-22(25-21)26-14-12-17-8-6-7-11-19(17)16-26/h3-11,15H,2,12-14,16H2,1H3,(H,23,24,25). The SMILES string of the molecule is CCCNc1cc(-c2ccccc2)nc(N2CCc3ccccc3C2)n1. The second-order valence-corrected chi connectivity index (χ2v) is 6.67. The van der Waals surface area contributed by atoms with Gasteiger partial charge in [-0.05, 0) is 24.0 Å². The molecule has 1 N–H and O–H groups in total. The van der Waals surface area contributed by atoms with Crippen LogP contribution in [0.5, 0.6) is 0 Å². The molecule has 4 rings (SSSR count). The molecule has 2 heterocycles. The van der Waals surface area contributed by atoms with Crippen molar-refractivity contribution in [2.24, 2.45) is 0 Å². The van der Waals surface area contributed by atoms with E-state index in [-0.39, 0.29) is 0 Å². The first-order valence-corrected chi connectivity index (χ1v) is 9.33. The quantitative estimate of drug-likeness (QED) is 0.738. The number of aromatic nitrogens is 2. The number of hydrogen-bond donors (Lipinski definition) is 1. The molecule has 0 amide bonds. The molecular formula is C22H24N4. The van der Waals surface area contributed by atoms with Gasteiger partial charge in [0, 0.05) is 31.3 Å². The van der Waals surface area contributed by atoms with Gasteiger partial charge in [0.2, 0.25) is 5.95 Å². The second kappa shape index (κ2) is 7.56. The van der Waals surface area contributed by atoms with Crippen molar-refractivity contribution in [1.29, 1.82) is 0 Å². The smallest absolute Gasteiger partial charge is 0.228 e. The lowest BCUT2D eigenvalue weighted by atomic mass is 10.0. The summed E-state index contributed by atoms with van der Waals surface area (Å²) in [5, 5.41) is 3.43. The van der Waals surface area contributed by atoms with Crippen LogP contribution in [0.4, 0.5) is 11.8 Å². The maximum absolute atomic E-state index is 4.88. The lowest BCUT2D eigenvalue weighted by molar-refractivity contribution is 0.708. The molecule has 0 saturated heterocycles. The number of fused-ring (bicyclic) bond motifs is 1. The Morgan fingerprint density at radius 2 is 1.73 bits per heavy atom. The third-order valence-corrected chi connectivity index (χ3v) is 4.75. The van der Waals surface area contributed by atoms with Gasteiger partial charge in [-0.1, -0.05) is 61.5 Å². The minimum absolute atomic E-state index is 0.805. The molecular weight excluding hydrogens is 320 g/mol. The van der Waals surface area contributed by atoms with E-state index in [0.717, 1.165) is 55.5 Å². The van der Waals surface area contributed by atoms with Gasteiger partial charge in [0.15, 0.2) is 0 Å². The Balaban J connectivity index is 1.69. The molecule has 3 aromatic rings. The topological polar surface area (TPSA) is 41.1 Å². The van der Waals surface area contributed by atoms with E-state index in [1.807, 2.05) is 24.3 Å². The van der Waals surface area contributed by atoms with Gasteiger partial charge in [0.1, 0.15) is 5.82 Å². The van der Waals surface area contributed by atoms with Crippen molar-refractivity contribution in [2.45, 2.75) is 26.3 Å². The molecule has 4 heteroatoms. The maximum Gasteiger partial charge on any atom is 0.228 e. The van der Waals surface area contributed by atoms with E-state index in [1.54, 1.807) is 0 Å². The highest BCUT2D eigenvalue weighted by Gasteiger charge is 2.19. The molecule has 0 radical (unpaired) electrons. The van der Waals surface area contributed by atoms with Crippen LogP contribution in [0.2, 0.25) is 0 Å². The molecule has 1 aliphatic heterocycles. The van der Waals surface area contributed by atoms with E-state index in [1.165, 1.54) is 11.1 Å². The van der Waals surface area contributed by atoms with E-state index in [0.29, 0.717) is 0 Å². The highest BCUT2D eigenvalue weighted by molar-refractivity contribution is 5.64. The van der Waals surface area contributed by atoms with Crippen molar-refractivity contribution in [2.75, 3.05) is 23.3 Å². The molecule has 0 saturated carbocycles. The van der Waals surface area contributed by atoms with E-state index < -0.39 is 0 Å². The molecule has 0 spiro atoms. The molecule has 26 heavy (non-hydrogen) atoms. The first-order chi connectivity index (χ1) is 12.8. The van der Waals surface area contributed by atoms with Crippen LogP contribution in [0.3, 0.4) is 0 Å². The van der Waals surface area contributed by atoms with Crippen LogP contribution in [0, 0.1) is 0 Å². The molecule has 0 atom stereocenters. The summed E-state index contributed by atoms with van der Waals surface area (Å²) in [7, 11) is 0. The first-order valence-electron chi connectivity index (χ1n) is 9.33. The predicted molar refractivity (Wildman–Crippen MR) is 107 cm³/mol. The van der Waals surface area contributed by atoms with Crippen LogP contribution >= 0.6 is 0 Å². The van der Waals surface area contributed by atoms with E-state index in [2.05, 4.69) is 53.5 Å². The van der Waals surface area contributed by atoms with Crippen LogP contribution in [0.1, 0.15) is 24.5 Å². The number of nitrogens with one attached hydrogen (secondary N) is 1. The Bertz CT molecular complexity index is 876. The summed E-state index contributed by atoms with van der Waals surface area (Å²) in [5.41, 5.74) is 4.89. The number of hydrogen-bond acceptors (Lipinski definition) is 4. The zero-order chi connectivity index (χ0) is 17.8. The Morgan fingerprint density at radius 1 is 0.962 bits per heavy atom. The van der Waals surface area contributed by atoms with Crippen LogP contribution < -0.4 is 10.2 Å². The van der Waals surface area contributed by atoms with Crippen LogP contribution in [0.15, 0.2) is 60.7 Å². The zero-order valence-corrected chi connectivity index (χ0v) is 15.2. The molecule has 0 fully saturated rings. The van der Waals surface area contributed by atoms with Gasteiger partial charge in [0.05, 0.1) is 5.69 Å². The maximum atomic E-state index is 4.88. The Morgan fingerprint density at radius 3 is 2.54 bits per heavy atom. The minimum Gasteiger partial charge on any atom is -0.370 e. The van der Waals surface area contributed by atoms with Gasteiger partial charge in [-0.2, -0.15) is 4.98 Å². The van der Waals surface area contributed by atoms with Crippen LogP contribution in [0.25, 0.3) is 11.3 Å². The lowest BCUT2D eigenvalue weighted by Gasteiger charge is -2.29. The minimum atomic E-state index is 0.805. The van der Waals surface area contributed by atoms with Gasteiger partial charge in [0.25, 0.3) is 0 Å². The summed E-state index contributed by atoms with van der Waals surface area (Å²) in [6.45, 7) is 4.88. The number of anilines is 2. The summed E-state index contributed by atoms with van der Waals surface area (Å²) in [6, 6.07) is 21.0. The fraction of sp³-hybridized carbons (Fsp3) is 0.273. The van der Waals surface area contributed by atoms with Gasteiger partial charge < -0.3 is 10.2 Å². The second-order valence-electron chi connectivity index (χ2n) is 6.67. The fourth-order valence-electron chi connectivity index (χ4n) is 3.34. The van der Waals surface area contributed by atoms with Gasteiger partial charge >= 0.3 is 0 Å². The van der Waals surface area contributed by atoms with Gasteiger partial charge in [-0.3, -0.25) is 0 Å². The lowest BCUT2D eigenvalue weighted by Crippen LogP contribution is -2.32. The van der Waals surface area contributed by atoms with Crippen molar-refractivity contribution in [1.82, 2.24) is 9.97 Å². The average Bonchev–Trinajstić information content (AvgIpc) is 2.72. The van der Waals surface area contributed by atoms with Gasteiger partial charge in [-0.15, -0.1) is 0 Å². The molecule has 1 aliphatic rings. The third kappa shape index (κ3) is 3.54. The summed E-state index contributed by atoms with van der Waals surface area (Å²) in [6.07, 6.45) is 2.10. The molecule has 2 aromatic carbocycles. The molecule has 0 bridgehead atoms. The monoisotopic (exact) mass is 344 g/mol.